The molecule has 5 amide bonds. The summed E-state index contributed by atoms with van der Waals surface area (Å²) in [6, 6.07) is -4.06. The molecule has 2 aliphatic rings. The maximum absolute atomic E-state index is 13.9. The van der Waals surface area contributed by atoms with Gasteiger partial charge in [-0.15, -0.1) is 0 Å². The molecule has 0 aromatic carbocycles. The van der Waals surface area contributed by atoms with Crippen molar-refractivity contribution in [1.29, 1.82) is 0 Å². The van der Waals surface area contributed by atoms with Gasteiger partial charge in [-0.05, 0) is 56.3 Å². The van der Waals surface area contributed by atoms with Crippen LogP contribution in [0.3, 0.4) is 0 Å². The van der Waals surface area contributed by atoms with E-state index in [1.807, 2.05) is 41.5 Å². The molecule has 0 aromatic rings. The molecule has 13 nitrogen and oxygen atoms in total. The molecule has 2 heterocycles. The summed E-state index contributed by atoms with van der Waals surface area (Å²) in [5, 5.41) is 11.4. The first kappa shape index (κ1) is 46.9. The Morgan fingerprint density at radius 2 is 1.09 bits per heavy atom. The van der Waals surface area contributed by atoms with Crippen molar-refractivity contribution in [2.75, 3.05) is 26.3 Å². The molecule has 0 aliphatic carbocycles. The third kappa shape index (κ3) is 18.9. The molecule has 2 saturated heterocycles. The maximum Gasteiger partial charge on any atom is 0.328 e. The first-order valence-electron chi connectivity index (χ1n) is 21.0. The molecule has 0 aromatic heterocycles. The van der Waals surface area contributed by atoms with Crippen LogP contribution in [0.4, 0.5) is 0 Å². The van der Waals surface area contributed by atoms with Crippen LogP contribution < -0.4 is 21.3 Å². The highest BCUT2D eigenvalue weighted by atomic mass is 16.5. The molecule has 2 aliphatic heterocycles. The predicted molar refractivity (Wildman–Crippen MR) is 209 cm³/mol. The molecule has 310 valence electrons. The van der Waals surface area contributed by atoms with Crippen molar-refractivity contribution in [3.8, 4) is 0 Å². The highest BCUT2D eigenvalue weighted by Gasteiger charge is 2.35. The van der Waals surface area contributed by atoms with Crippen LogP contribution in [0.1, 0.15) is 151 Å². The molecule has 0 radical (unpaired) electrons. The van der Waals surface area contributed by atoms with Crippen molar-refractivity contribution in [2.24, 2.45) is 17.8 Å². The monoisotopic (exact) mass is 764 g/mol. The smallest absolute Gasteiger partial charge is 0.328 e. The highest BCUT2D eigenvalue weighted by Crippen LogP contribution is 2.18. The Labute approximate surface area is 324 Å². The van der Waals surface area contributed by atoms with E-state index in [4.69, 9.17) is 9.47 Å². The van der Waals surface area contributed by atoms with E-state index in [1.54, 1.807) is 4.90 Å². The highest BCUT2D eigenvalue weighted by molar-refractivity contribution is 5.95. The van der Waals surface area contributed by atoms with Gasteiger partial charge in [0, 0.05) is 19.5 Å². The summed E-state index contributed by atoms with van der Waals surface area (Å²) in [5.41, 5.74) is 0. The molecule has 13 heteroatoms. The Balaban J connectivity index is 2.40. The first-order chi connectivity index (χ1) is 25.7. The Kier molecular flexibility index (Phi) is 22.4. The maximum atomic E-state index is 13.9. The summed E-state index contributed by atoms with van der Waals surface area (Å²) in [5.74, 6) is -2.84. The van der Waals surface area contributed by atoms with Gasteiger partial charge in [0.15, 0.2) is 0 Å². The molecule has 54 heavy (non-hydrogen) atoms. The summed E-state index contributed by atoms with van der Waals surface area (Å²) in [4.78, 5) is 83.8. The number of nitrogens with zero attached hydrogens (tertiary/aromatic N) is 1. The van der Waals surface area contributed by atoms with E-state index >= 15 is 0 Å². The molecule has 0 unspecified atom stereocenters. The largest absolute Gasteiger partial charge is 0.460 e. The Morgan fingerprint density at radius 1 is 0.630 bits per heavy atom. The molecule has 4 N–H and O–H groups in total. The van der Waals surface area contributed by atoms with Gasteiger partial charge in [-0.3, -0.25) is 24.0 Å². The average Bonchev–Trinajstić information content (AvgIpc) is 3.10. The number of hydrogen-bond donors (Lipinski definition) is 4. The fourth-order valence-corrected chi connectivity index (χ4v) is 7.01. The van der Waals surface area contributed by atoms with Gasteiger partial charge in [-0.25, -0.2) is 4.79 Å². The number of cyclic esters (lactones) is 1. The standard InChI is InChI=1S/C41H73N5O8/c1-8-9-10-11-12-13-14-15-16-17-31-27-36(47)42-32(18-19-37(48)46-20-22-53-23-21-46)38(49)43-33(24-28(2)3)39(50)44-34(25-29(4)5)40(51)45-35(26-30(6)7)41(52)54-31/h28-35H,8-27H2,1-7H3,(H,42,47)(H,43,49)(H,44,50)(H,45,51)/t31-,32+,33+,34-,35+/m1/s1. The summed E-state index contributed by atoms with van der Waals surface area (Å²) in [7, 11) is 0. The zero-order chi connectivity index (χ0) is 40.0. The lowest BCUT2D eigenvalue weighted by molar-refractivity contribution is -0.155. The summed E-state index contributed by atoms with van der Waals surface area (Å²) in [6.07, 6.45) is 10.4. The van der Waals surface area contributed by atoms with Crippen LogP contribution in [0.15, 0.2) is 0 Å². The van der Waals surface area contributed by atoms with Crippen LogP contribution >= 0.6 is 0 Å². The van der Waals surface area contributed by atoms with Crippen LogP contribution in [0.25, 0.3) is 0 Å². The van der Waals surface area contributed by atoms with Gasteiger partial charge < -0.3 is 35.6 Å². The Hall–Kier alpha value is -3.22. The van der Waals surface area contributed by atoms with Gasteiger partial charge in [0.1, 0.15) is 30.3 Å². The van der Waals surface area contributed by atoms with Gasteiger partial charge in [-0.2, -0.15) is 0 Å². The Bertz CT molecular complexity index is 1170. The molecule has 2 rings (SSSR count). The normalized spacial score (nSPS) is 23.9. The average molecular weight is 764 g/mol. The lowest BCUT2D eigenvalue weighted by Gasteiger charge is -2.30. The quantitative estimate of drug-likeness (QED) is 0.106. The third-order valence-corrected chi connectivity index (χ3v) is 9.98. The zero-order valence-corrected chi connectivity index (χ0v) is 34.5. The molecule has 0 bridgehead atoms. The minimum atomic E-state index is -1.12. The summed E-state index contributed by atoms with van der Waals surface area (Å²) < 4.78 is 11.4. The lowest BCUT2D eigenvalue weighted by Crippen LogP contribution is -2.59. The molecule has 0 saturated carbocycles. The number of rotatable bonds is 19. The third-order valence-electron chi connectivity index (χ3n) is 9.98. The SMILES string of the molecule is CCCCCCCCCCC[C@@H]1CC(=O)N[C@@H](CCC(=O)N2CCOCC2)C(=O)N[C@@H](CC(C)C)C(=O)N[C@H](CC(C)C)C(=O)N[C@@H](CC(C)C)C(=O)O1. The second kappa shape index (κ2) is 25.8. The van der Waals surface area contributed by atoms with E-state index in [9.17, 15) is 28.8 Å². The van der Waals surface area contributed by atoms with Crippen LogP contribution in [-0.2, 0) is 38.2 Å². The van der Waals surface area contributed by atoms with E-state index in [2.05, 4.69) is 28.2 Å². The topological polar surface area (TPSA) is 172 Å². The number of hydrogen-bond acceptors (Lipinski definition) is 8. The van der Waals surface area contributed by atoms with Crippen molar-refractivity contribution in [2.45, 2.75) is 181 Å². The number of nitrogens with one attached hydrogen (secondary N) is 4. The van der Waals surface area contributed by atoms with Crippen molar-refractivity contribution in [3.05, 3.63) is 0 Å². The molecular formula is C41H73N5O8. The van der Waals surface area contributed by atoms with Gasteiger partial charge in [0.2, 0.25) is 29.5 Å². The number of carbonyl (C=O) groups excluding carboxylic acids is 6. The lowest BCUT2D eigenvalue weighted by atomic mass is 9.98. The second-order valence-electron chi connectivity index (χ2n) is 16.6. The molecule has 5 atom stereocenters. The molecule has 2 fully saturated rings. The van der Waals surface area contributed by atoms with Gasteiger partial charge in [-0.1, -0.05) is 99.8 Å². The van der Waals surface area contributed by atoms with E-state index in [-0.39, 0.29) is 49.3 Å². The van der Waals surface area contributed by atoms with E-state index in [0.717, 1.165) is 25.7 Å². The molecule has 0 spiro atoms. The second-order valence-corrected chi connectivity index (χ2v) is 16.6. The fraction of sp³-hybridized carbons (Fsp3) is 0.854. The fourth-order valence-electron chi connectivity index (χ4n) is 7.01. The van der Waals surface area contributed by atoms with Crippen LogP contribution in [0, 0.1) is 17.8 Å². The van der Waals surface area contributed by atoms with Gasteiger partial charge >= 0.3 is 5.97 Å². The Morgan fingerprint density at radius 3 is 1.61 bits per heavy atom. The number of esters is 1. The minimum Gasteiger partial charge on any atom is -0.460 e. The summed E-state index contributed by atoms with van der Waals surface area (Å²) >= 11 is 0. The van der Waals surface area contributed by atoms with Crippen molar-refractivity contribution >= 4 is 35.5 Å². The van der Waals surface area contributed by atoms with Crippen LogP contribution in [0.5, 0.6) is 0 Å². The number of amides is 5. The number of carbonyl (C=O) groups is 6. The number of ether oxygens (including phenoxy) is 2. The van der Waals surface area contributed by atoms with E-state index in [1.165, 1.54) is 32.1 Å². The van der Waals surface area contributed by atoms with Crippen molar-refractivity contribution in [1.82, 2.24) is 26.2 Å². The van der Waals surface area contributed by atoms with E-state index < -0.39 is 59.9 Å². The van der Waals surface area contributed by atoms with Crippen LogP contribution in [0.2, 0.25) is 0 Å². The number of unbranched alkanes of at least 4 members (excludes halogenated alkanes) is 8. The van der Waals surface area contributed by atoms with E-state index in [0.29, 0.717) is 45.6 Å². The summed E-state index contributed by atoms with van der Waals surface area (Å²) in [6.45, 7) is 15.6. The van der Waals surface area contributed by atoms with Crippen molar-refractivity contribution < 1.29 is 38.2 Å². The number of morpholine rings is 1. The minimum absolute atomic E-state index is 0.00376. The first-order valence-corrected chi connectivity index (χ1v) is 21.0. The van der Waals surface area contributed by atoms with Gasteiger partial charge in [0.25, 0.3) is 0 Å². The molecular weight excluding hydrogens is 690 g/mol. The predicted octanol–water partition coefficient (Wildman–Crippen LogP) is 4.94. The van der Waals surface area contributed by atoms with Gasteiger partial charge in [0.05, 0.1) is 19.6 Å². The van der Waals surface area contributed by atoms with Crippen molar-refractivity contribution in [3.63, 3.8) is 0 Å². The van der Waals surface area contributed by atoms with Crippen LogP contribution in [-0.4, -0.2) is 97.0 Å². The zero-order valence-electron chi connectivity index (χ0n) is 34.5.